The Balaban J connectivity index is 1.43. The summed E-state index contributed by atoms with van der Waals surface area (Å²) in [5.74, 6) is -5.03. The number of hydrogen-bond acceptors (Lipinski definition) is 14. The van der Waals surface area contributed by atoms with Crippen LogP contribution in [0.25, 0.3) is 0 Å². The molecule has 5 aliphatic rings. The predicted molar refractivity (Wildman–Crippen MR) is 262 cm³/mol. The lowest BCUT2D eigenvalue weighted by Gasteiger charge is -2.66. The number of esters is 2. The van der Waals surface area contributed by atoms with E-state index in [1.54, 1.807) is 82.3 Å². The van der Waals surface area contributed by atoms with Crippen LogP contribution in [0.4, 0.5) is 4.79 Å². The fourth-order valence-electron chi connectivity index (χ4n) is 12.0. The van der Waals surface area contributed by atoms with Gasteiger partial charge in [0.15, 0.2) is 56.2 Å². The van der Waals surface area contributed by atoms with E-state index in [-0.39, 0.29) is 18.4 Å². The third kappa shape index (κ3) is 8.55. The molecule has 2 bridgehead atoms. The number of hydrogen-bond donors (Lipinski definition) is 2. The number of nitrogens with one attached hydrogen (secondary N) is 1. The number of sulfone groups is 1. The van der Waals surface area contributed by atoms with Crippen LogP contribution in [0.3, 0.4) is 0 Å². The molecular formula is C51H71NO14SSi2. The van der Waals surface area contributed by atoms with E-state index in [0.717, 1.165) is 0 Å². The van der Waals surface area contributed by atoms with E-state index in [1.807, 2.05) is 60.7 Å². The summed E-state index contributed by atoms with van der Waals surface area (Å²) in [5.41, 5.74) is -5.82. The Bertz CT molecular complexity index is 2500. The standard InChI is InChI=1S/C51H71NO14SSi2/c1-14-69(15-2,16-3)65-35-27-36-50(58,29-67(36,59)60)41-43-51(64-46(57)63-43)28-34(30(4)37(48(51,9)10)39(61-31(5)53)42(54)49(35,41)11)62-45(56)40(66-68(12,13)47(6,7)8)38(32-23-19-17-20-24-32)52-44(55)33-25-21-18-22-26-33/h17-26,34-36,38-41,43,58H,14-16,27-29H2,1-13H3,(H,52,55)/t34-,35-,36+,38-,39+,40+,41-,43-,49+,50-,51+/m0/s1. The van der Waals surface area contributed by atoms with Crippen LogP contribution in [0.15, 0.2) is 71.8 Å². The first kappa shape index (κ1) is 52.6. The van der Waals surface area contributed by atoms with Crippen molar-refractivity contribution in [3.63, 3.8) is 0 Å². The third-order valence-electron chi connectivity index (χ3n) is 17.2. The van der Waals surface area contributed by atoms with Crippen LogP contribution in [0.1, 0.15) is 111 Å². The van der Waals surface area contributed by atoms with Gasteiger partial charge >= 0.3 is 18.1 Å². The Morgan fingerprint density at radius 1 is 0.928 bits per heavy atom. The summed E-state index contributed by atoms with van der Waals surface area (Å²) in [4.78, 5) is 73.0. The van der Waals surface area contributed by atoms with Crippen LogP contribution in [-0.2, 0) is 52.0 Å². The molecule has 0 radical (unpaired) electrons. The highest BCUT2D eigenvalue weighted by atomic mass is 32.2. The first-order valence-corrected chi connectivity index (χ1v) is 31.4. The molecule has 15 nitrogen and oxygen atoms in total. The minimum atomic E-state index is -3.93. The van der Waals surface area contributed by atoms with Gasteiger partial charge in [0.2, 0.25) is 0 Å². The number of fused-ring (bicyclic) bond motifs is 5. The number of Topliss-reactive ketones (excluding diaryl/α,β-unsaturated/α-hetero) is 1. The second kappa shape index (κ2) is 18.1. The first-order chi connectivity index (χ1) is 32.0. The summed E-state index contributed by atoms with van der Waals surface area (Å²) in [6, 6.07) is 18.4. The van der Waals surface area contributed by atoms with Crippen LogP contribution in [0.2, 0.25) is 36.3 Å². The molecule has 2 heterocycles. The average molecular weight is 1010 g/mol. The van der Waals surface area contributed by atoms with Gasteiger partial charge in [-0.1, -0.05) is 104 Å². The van der Waals surface area contributed by atoms with E-state index in [4.69, 9.17) is 27.8 Å². The lowest BCUT2D eigenvalue weighted by atomic mass is 9.45. The van der Waals surface area contributed by atoms with Crippen molar-refractivity contribution in [1.82, 2.24) is 5.32 Å². The highest BCUT2D eigenvalue weighted by molar-refractivity contribution is 7.93. The molecule has 1 amide bonds. The maximum Gasteiger partial charge on any atom is 0.509 e. The fraction of sp³-hybridized carbons (Fsp3) is 0.627. The number of rotatable bonds is 14. The van der Waals surface area contributed by atoms with Crippen molar-refractivity contribution in [3.8, 4) is 0 Å². The number of amides is 1. The van der Waals surface area contributed by atoms with Crippen LogP contribution >= 0.6 is 0 Å². The molecule has 3 aliphatic carbocycles. The first-order valence-electron chi connectivity index (χ1n) is 24.2. The Morgan fingerprint density at radius 2 is 1.51 bits per heavy atom. The zero-order valence-electron chi connectivity index (χ0n) is 42.3. The van der Waals surface area contributed by atoms with E-state index in [2.05, 4.69) is 5.32 Å². The molecule has 2 saturated heterocycles. The van der Waals surface area contributed by atoms with Crippen molar-refractivity contribution in [2.24, 2.45) is 16.7 Å². The molecule has 4 fully saturated rings. The summed E-state index contributed by atoms with van der Waals surface area (Å²) >= 11 is 0. The zero-order valence-corrected chi connectivity index (χ0v) is 45.1. The van der Waals surface area contributed by atoms with E-state index in [9.17, 15) is 27.9 Å². The molecule has 0 unspecified atom stereocenters. The number of benzene rings is 2. The van der Waals surface area contributed by atoms with Crippen LogP contribution in [-0.4, -0.2) is 113 Å². The number of carbonyl (C=O) groups excluding carboxylic acids is 5. The van der Waals surface area contributed by atoms with Crippen molar-refractivity contribution >= 4 is 56.3 Å². The maximum absolute atomic E-state index is 16.1. The Hall–Kier alpha value is -4.21. The van der Waals surface area contributed by atoms with Crippen molar-refractivity contribution in [1.29, 1.82) is 0 Å². The third-order valence-corrected chi connectivity index (χ3v) is 28.7. The van der Waals surface area contributed by atoms with Gasteiger partial charge in [0.25, 0.3) is 5.91 Å². The van der Waals surface area contributed by atoms with Gasteiger partial charge in [0.05, 0.1) is 28.6 Å². The molecule has 0 aromatic heterocycles. The van der Waals surface area contributed by atoms with Crippen molar-refractivity contribution in [2.75, 3.05) is 5.75 Å². The molecule has 378 valence electrons. The van der Waals surface area contributed by atoms with Crippen LogP contribution in [0.5, 0.6) is 0 Å². The van der Waals surface area contributed by atoms with E-state index in [1.165, 1.54) is 6.92 Å². The minimum absolute atomic E-state index is 0.202. The molecule has 2 N–H and O–H groups in total. The summed E-state index contributed by atoms with van der Waals surface area (Å²) in [5, 5.41) is 14.2. The van der Waals surface area contributed by atoms with Gasteiger partial charge in [-0.05, 0) is 85.4 Å². The molecule has 2 aromatic rings. The molecule has 2 saturated carbocycles. The highest BCUT2D eigenvalue weighted by Crippen LogP contribution is 2.67. The Kier molecular flexibility index (Phi) is 13.8. The topological polar surface area (TPSA) is 207 Å². The molecule has 69 heavy (non-hydrogen) atoms. The Labute approximate surface area is 408 Å². The molecule has 1 spiro atoms. The predicted octanol–water partition coefficient (Wildman–Crippen LogP) is 7.94. The number of carbonyl (C=O) groups is 5. The lowest BCUT2D eigenvalue weighted by Crippen LogP contribution is -2.82. The summed E-state index contributed by atoms with van der Waals surface area (Å²) in [6.45, 7) is 23.9. The van der Waals surface area contributed by atoms with Gasteiger partial charge in [-0.15, -0.1) is 0 Å². The highest BCUT2D eigenvalue weighted by Gasteiger charge is 2.82. The smallest absolute Gasteiger partial charge is 0.456 e. The Morgan fingerprint density at radius 3 is 2.04 bits per heavy atom. The van der Waals surface area contributed by atoms with Gasteiger partial charge < -0.3 is 38.2 Å². The maximum atomic E-state index is 16.1. The van der Waals surface area contributed by atoms with Crippen LogP contribution < -0.4 is 5.32 Å². The second-order valence-corrected chi connectivity index (χ2v) is 33.8. The van der Waals surface area contributed by atoms with E-state index < -0.39 is 137 Å². The number of aliphatic hydroxyl groups is 1. The number of ketones is 1. The lowest BCUT2D eigenvalue weighted by molar-refractivity contribution is -0.225. The van der Waals surface area contributed by atoms with Gasteiger partial charge in [0, 0.05) is 30.2 Å². The summed E-state index contributed by atoms with van der Waals surface area (Å²) in [6.07, 6.45) is -8.71. The van der Waals surface area contributed by atoms with Gasteiger partial charge in [-0.2, -0.15) is 0 Å². The normalized spacial score (nSPS) is 32.3. The SMILES string of the molecule is CC[Si](CC)(CC)O[C@H]1C[C@@H]2[C@@](O)(CS2(=O)=O)[C@H]2[C@@H]3OC(=O)O[C@]34C[C@H](OC(=O)[C@H](O[Si](C)(C)C(C)(C)C)[C@@H](NC(=O)c3ccccc3)c3ccccc3)C(C)=C([C@@H](OC(C)=O)C(=O)[C@]12C)C4(C)C. The molecule has 11 atom stereocenters. The van der Waals surface area contributed by atoms with Crippen molar-refractivity contribution in [2.45, 2.75) is 178 Å². The summed E-state index contributed by atoms with van der Waals surface area (Å²) in [7, 11) is -9.50. The van der Waals surface area contributed by atoms with Crippen molar-refractivity contribution in [3.05, 3.63) is 82.9 Å². The zero-order chi connectivity index (χ0) is 51.1. The minimum Gasteiger partial charge on any atom is -0.456 e. The number of ether oxygens (including phenoxy) is 4. The molecule has 2 aromatic carbocycles. The monoisotopic (exact) mass is 1010 g/mol. The molecule has 2 aliphatic heterocycles. The molecule has 18 heteroatoms. The average Bonchev–Trinajstić information content (AvgIpc) is 3.60. The second-order valence-electron chi connectivity index (χ2n) is 22.1. The van der Waals surface area contributed by atoms with Gasteiger partial charge in [-0.3, -0.25) is 14.4 Å². The van der Waals surface area contributed by atoms with E-state index >= 15 is 9.59 Å². The molecular weight excluding hydrogens is 939 g/mol. The van der Waals surface area contributed by atoms with Gasteiger partial charge in [0.1, 0.15) is 11.7 Å². The van der Waals surface area contributed by atoms with Crippen molar-refractivity contribution < 1.29 is 65.3 Å². The fourth-order valence-corrected chi connectivity index (χ4v) is 18.4. The van der Waals surface area contributed by atoms with Crippen LogP contribution in [0, 0.1) is 16.7 Å². The molecule has 7 rings (SSSR count). The largest absolute Gasteiger partial charge is 0.509 e. The summed E-state index contributed by atoms with van der Waals surface area (Å²) < 4.78 is 67.3. The van der Waals surface area contributed by atoms with E-state index in [0.29, 0.717) is 34.8 Å². The quantitative estimate of drug-likeness (QED) is 0.0798. The van der Waals surface area contributed by atoms with Gasteiger partial charge in [-0.25, -0.2) is 18.0 Å².